The number of aromatic nitrogens is 2. The quantitative estimate of drug-likeness (QED) is 0.698. The van der Waals surface area contributed by atoms with E-state index in [4.69, 9.17) is 0 Å². The molecule has 0 radical (unpaired) electrons. The van der Waals surface area contributed by atoms with Gasteiger partial charge in [0.05, 0.1) is 5.69 Å². The Labute approximate surface area is 78.4 Å². The minimum absolute atomic E-state index is 1.02. The van der Waals surface area contributed by atoms with E-state index < -0.39 is 0 Å². The molecule has 0 unspecified atom stereocenters. The van der Waals surface area contributed by atoms with Gasteiger partial charge in [-0.25, -0.2) is 0 Å². The second kappa shape index (κ2) is 3.75. The lowest BCUT2D eigenvalue weighted by molar-refractivity contribution is 0.613. The smallest absolute Gasteiger partial charge is 0.0850 e. The van der Waals surface area contributed by atoms with Crippen molar-refractivity contribution in [1.82, 2.24) is 15.1 Å². The summed E-state index contributed by atoms with van der Waals surface area (Å²) >= 11 is 0. The molecule has 0 amide bonds. The highest BCUT2D eigenvalue weighted by molar-refractivity contribution is 5.49. The van der Waals surface area contributed by atoms with Gasteiger partial charge in [-0.3, -0.25) is 4.68 Å². The summed E-state index contributed by atoms with van der Waals surface area (Å²) in [6.07, 6.45) is 6.62. The van der Waals surface area contributed by atoms with Crippen LogP contribution in [0.1, 0.15) is 18.5 Å². The maximum Gasteiger partial charge on any atom is 0.0850 e. The maximum absolute atomic E-state index is 4.32. The van der Waals surface area contributed by atoms with Gasteiger partial charge >= 0.3 is 0 Å². The third kappa shape index (κ3) is 2.18. The molecule has 13 heavy (non-hydrogen) atoms. The summed E-state index contributed by atoms with van der Waals surface area (Å²) in [5, 5.41) is 7.68. The SMILES string of the molecule is Cn1ccc(C=C2CCCNC2)n1. The molecule has 0 spiro atoms. The molecule has 3 heteroatoms. The molecule has 0 atom stereocenters. The van der Waals surface area contributed by atoms with E-state index in [-0.39, 0.29) is 0 Å². The Kier molecular flexibility index (Phi) is 2.45. The average Bonchev–Trinajstić information content (AvgIpc) is 2.53. The van der Waals surface area contributed by atoms with Gasteiger partial charge in [-0.2, -0.15) is 5.10 Å². The van der Waals surface area contributed by atoms with Crippen molar-refractivity contribution in [3.63, 3.8) is 0 Å². The molecule has 1 N–H and O–H groups in total. The molecule has 1 fully saturated rings. The van der Waals surface area contributed by atoms with Crippen LogP contribution in [-0.2, 0) is 7.05 Å². The van der Waals surface area contributed by atoms with Gasteiger partial charge in [-0.1, -0.05) is 5.57 Å². The highest BCUT2D eigenvalue weighted by Crippen LogP contribution is 2.12. The summed E-state index contributed by atoms with van der Waals surface area (Å²) in [7, 11) is 1.95. The van der Waals surface area contributed by atoms with Gasteiger partial charge in [-0.15, -0.1) is 0 Å². The van der Waals surface area contributed by atoms with Crippen molar-refractivity contribution < 1.29 is 0 Å². The number of hydrogen-bond acceptors (Lipinski definition) is 2. The molecule has 0 aliphatic carbocycles. The minimum Gasteiger partial charge on any atom is -0.313 e. The molecule has 2 heterocycles. The molecule has 2 rings (SSSR count). The van der Waals surface area contributed by atoms with Crippen molar-refractivity contribution in [2.75, 3.05) is 13.1 Å². The van der Waals surface area contributed by atoms with Crippen molar-refractivity contribution in [1.29, 1.82) is 0 Å². The largest absolute Gasteiger partial charge is 0.313 e. The fourth-order valence-electron chi connectivity index (χ4n) is 1.62. The standard InChI is InChI=1S/C10H15N3/c1-13-6-4-10(12-13)7-9-3-2-5-11-8-9/h4,6-7,11H,2-3,5,8H2,1H3. The Morgan fingerprint density at radius 2 is 2.54 bits per heavy atom. The van der Waals surface area contributed by atoms with E-state index in [1.54, 1.807) is 0 Å². The van der Waals surface area contributed by atoms with Gasteiger partial charge < -0.3 is 5.32 Å². The van der Waals surface area contributed by atoms with Gasteiger partial charge in [0.1, 0.15) is 0 Å². The van der Waals surface area contributed by atoms with Crippen LogP contribution in [0.4, 0.5) is 0 Å². The third-order valence-electron chi connectivity index (χ3n) is 2.29. The number of aryl methyl sites for hydroxylation is 1. The first kappa shape index (κ1) is 8.51. The maximum atomic E-state index is 4.32. The molecular formula is C10H15N3. The first-order chi connectivity index (χ1) is 6.34. The summed E-state index contributed by atoms with van der Waals surface area (Å²) in [5.74, 6) is 0. The molecule has 3 nitrogen and oxygen atoms in total. The Morgan fingerprint density at radius 1 is 1.62 bits per heavy atom. The number of nitrogens with zero attached hydrogens (tertiary/aromatic N) is 2. The van der Waals surface area contributed by atoms with Crippen molar-refractivity contribution in [2.45, 2.75) is 12.8 Å². The number of nitrogens with one attached hydrogen (secondary N) is 1. The number of piperidine rings is 1. The second-order valence-corrected chi connectivity index (χ2v) is 3.50. The fraction of sp³-hybridized carbons (Fsp3) is 0.500. The first-order valence-corrected chi connectivity index (χ1v) is 4.74. The van der Waals surface area contributed by atoms with Crippen LogP contribution in [0.15, 0.2) is 17.8 Å². The van der Waals surface area contributed by atoms with Crippen LogP contribution in [-0.4, -0.2) is 22.9 Å². The second-order valence-electron chi connectivity index (χ2n) is 3.50. The predicted octanol–water partition coefficient (Wildman–Crippen LogP) is 1.19. The van der Waals surface area contributed by atoms with Crippen LogP contribution < -0.4 is 5.32 Å². The Balaban J connectivity index is 2.09. The summed E-state index contributed by atoms with van der Waals surface area (Å²) in [5.41, 5.74) is 2.53. The zero-order chi connectivity index (χ0) is 9.10. The van der Waals surface area contributed by atoms with Gasteiger partial charge in [-0.05, 0) is 31.5 Å². The zero-order valence-electron chi connectivity index (χ0n) is 7.95. The Morgan fingerprint density at radius 3 is 3.15 bits per heavy atom. The predicted molar refractivity (Wildman–Crippen MR) is 53.3 cm³/mol. The number of rotatable bonds is 1. The summed E-state index contributed by atoms with van der Waals surface area (Å²) in [6.45, 7) is 2.18. The zero-order valence-corrected chi connectivity index (χ0v) is 7.95. The van der Waals surface area contributed by atoms with Crippen molar-refractivity contribution in [3.05, 3.63) is 23.5 Å². The normalized spacial score (nSPS) is 20.8. The van der Waals surface area contributed by atoms with E-state index in [0.717, 1.165) is 18.8 Å². The molecule has 0 bridgehead atoms. The topological polar surface area (TPSA) is 29.9 Å². The summed E-state index contributed by atoms with van der Waals surface area (Å²) in [4.78, 5) is 0. The van der Waals surface area contributed by atoms with Crippen molar-refractivity contribution in [3.8, 4) is 0 Å². The van der Waals surface area contributed by atoms with Gasteiger partial charge in [0.15, 0.2) is 0 Å². The highest BCUT2D eigenvalue weighted by Gasteiger charge is 2.04. The summed E-state index contributed by atoms with van der Waals surface area (Å²) < 4.78 is 1.84. The molecule has 0 saturated carbocycles. The lowest BCUT2D eigenvalue weighted by atomic mass is 10.1. The first-order valence-electron chi connectivity index (χ1n) is 4.74. The number of hydrogen-bond donors (Lipinski definition) is 1. The fourth-order valence-corrected chi connectivity index (χ4v) is 1.62. The molecule has 0 aromatic carbocycles. The van der Waals surface area contributed by atoms with Crippen LogP contribution in [0.2, 0.25) is 0 Å². The van der Waals surface area contributed by atoms with Crippen LogP contribution in [0.5, 0.6) is 0 Å². The molecule has 1 aliphatic heterocycles. The molecular weight excluding hydrogens is 162 g/mol. The Hall–Kier alpha value is -1.09. The van der Waals surface area contributed by atoms with E-state index in [1.165, 1.54) is 18.4 Å². The van der Waals surface area contributed by atoms with Gasteiger partial charge in [0, 0.05) is 19.8 Å². The van der Waals surface area contributed by atoms with Crippen LogP contribution in [0.3, 0.4) is 0 Å². The van der Waals surface area contributed by atoms with E-state index in [1.807, 2.05) is 24.0 Å². The van der Waals surface area contributed by atoms with E-state index in [0.29, 0.717) is 0 Å². The molecule has 70 valence electrons. The average molecular weight is 177 g/mol. The molecule has 1 aromatic rings. The molecule has 1 aromatic heterocycles. The van der Waals surface area contributed by atoms with Crippen LogP contribution in [0.25, 0.3) is 6.08 Å². The molecule has 1 saturated heterocycles. The van der Waals surface area contributed by atoms with Crippen LogP contribution >= 0.6 is 0 Å². The van der Waals surface area contributed by atoms with E-state index in [9.17, 15) is 0 Å². The van der Waals surface area contributed by atoms with E-state index in [2.05, 4.69) is 16.5 Å². The third-order valence-corrected chi connectivity index (χ3v) is 2.29. The monoisotopic (exact) mass is 177 g/mol. The van der Waals surface area contributed by atoms with Crippen molar-refractivity contribution >= 4 is 6.08 Å². The highest BCUT2D eigenvalue weighted by atomic mass is 15.2. The van der Waals surface area contributed by atoms with Crippen molar-refractivity contribution in [2.24, 2.45) is 7.05 Å². The lowest BCUT2D eigenvalue weighted by Gasteiger charge is -2.14. The summed E-state index contributed by atoms with van der Waals surface area (Å²) in [6, 6.07) is 2.04. The molecule has 1 aliphatic rings. The minimum atomic E-state index is 1.02. The van der Waals surface area contributed by atoms with Gasteiger partial charge in [0.2, 0.25) is 0 Å². The van der Waals surface area contributed by atoms with Crippen LogP contribution in [0, 0.1) is 0 Å². The van der Waals surface area contributed by atoms with Gasteiger partial charge in [0.25, 0.3) is 0 Å². The van der Waals surface area contributed by atoms with E-state index >= 15 is 0 Å². The Bertz CT molecular complexity index is 304. The lowest BCUT2D eigenvalue weighted by Crippen LogP contribution is -2.23.